The monoisotopic (exact) mass is 290 g/mol. The molecule has 0 amide bonds. The summed E-state index contributed by atoms with van der Waals surface area (Å²) in [5, 5.41) is 3.42. The zero-order valence-electron chi connectivity index (χ0n) is 13.0. The topological polar surface area (TPSA) is 50.3 Å². The smallest absolute Gasteiger partial charge is 0.218 e. The van der Waals surface area contributed by atoms with Crippen molar-refractivity contribution in [2.45, 2.75) is 44.4 Å². The van der Waals surface area contributed by atoms with Crippen molar-refractivity contribution in [2.75, 3.05) is 38.6 Å². The third-order valence-corrected chi connectivity index (χ3v) is 4.28. The van der Waals surface area contributed by atoms with Crippen molar-refractivity contribution < 1.29 is 4.74 Å². The molecule has 0 aromatic carbocycles. The van der Waals surface area contributed by atoms with Crippen molar-refractivity contribution in [3.8, 4) is 5.88 Å². The van der Waals surface area contributed by atoms with Gasteiger partial charge >= 0.3 is 0 Å². The van der Waals surface area contributed by atoms with Crippen LogP contribution in [-0.2, 0) is 0 Å². The molecule has 0 radical (unpaired) electrons. The van der Waals surface area contributed by atoms with Gasteiger partial charge in [0, 0.05) is 18.5 Å². The van der Waals surface area contributed by atoms with Crippen LogP contribution in [0.4, 0.5) is 5.82 Å². The lowest BCUT2D eigenvalue weighted by molar-refractivity contribution is 0.331. The first-order chi connectivity index (χ1) is 10.3. The molecule has 1 aliphatic heterocycles. The summed E-state index contributed by atoms with van der Waals surface area (Å²) >= 11 is 0. The van der Waals surface area contributed by atoms with E-state index in [0.29, 0.717) is 11.8 Å². The normalized spacial score (nSPS) is 18.9. The summed E-state index contributed by atoms with van der Waals surface area (Å²) in [6.07, 6.45) is 7.61. The van der Waals surface area contributed by atoms with Crippen LogP contribution in [-0.4, -0.2) is 48.2 Å². The molecule has 1 aromatic heterocycles. The number of unbranched alkanes of at least 4 members (excludes halogenated alkanes) is 1. The van der Waals surface area contributed by atoms with Crippen LogP contribution >= 0.6 is 0 Å². The zero-order valence-corrected chi connectivity index (χ0v) is 13.0. The lowest BCUT2D eigenvalue weighted by atomic mass is 10.3. The molecule has 2 heterocycles. The van der Waals surface area contributed by atoms with E-state index in [1.54, 1.807) is 7.11 Å². The highest BCUT2D eigenvalue weighted by molar-refractivity contribution is 5.39. The Labute approximate surface area is 127 Å². The molecular weight excluding hydrogens is 264 g/mol. The third-order valence-electron chi connectivity index (χ3n) is 4.28. The first-order valence-corrected chi connectivity index (χ1v) is 8.24. The minimum absolute atomic E-state index is 0.552. The maximum atomic E-state index is 5.27. The van der Waals surface area contributed by atoms with Crippen molar-refractivity contribution >= 4 is 5.82 Å². The van der Waals surface area contributed by atoms with E-state index in [9.17, 15) is 0 Å². The molecule has 1 aromatic rings. The molecule has 0 unspecified atom stereocenters. The van der Waals surface area contributed by atoms with Gasteiger partial charge in [-0.05, 0) is 58.2 Å². The van der Waals surface area contributed by atoms with Crippen LogP contribution in [0.1, 0.15) is 50.3 Å². The first-order valence-electron chi connectivity index (χ1n) is 8.24. The van der Waals surface area contributed by atoms with E-state index in [-0.39, 0.29) is 0 Å². The number of likely N-dealkylation sites (tertiary alicyclic amines) is 1. The molecule has 1 aliphatic carbocycles. The molecule has 1 saturated heterocycles. The average molecular weight is 290 g/mol. The molecule has 3 rings (SSSR count). The van der Waals surface area contributed by atoms with Gasteiger partial charge in [0.1, 0.15) is 11.6 Å². The molecule has 1 saturated carbocycles. The van der Waals surface area contributed by atoms with Crippen LogP contribution in [0.3, 0.4) is 0 Å². The maximum Gasteiger partial charge on any atom is 0.218 e. The van der Waals surface area contributed by atoms with Crippen LogP contribution in [0, 0.1) is 0 Å². The highest BCUT2D eigenvalue weighted by Crippen LogP contribution is 2.39. The van der Waals surface area contributed by atoms with Gasteiger partial charge in [-0.25, -0.2) is 4.98 Å². The molecule has 1 N–H and O–H groups in total. The Hall–Kier alpha value is -1.36. The highest BCUT2D eigenvalue weighted by atomic mass is 16.5. The van der Waals surface area contributed by atoms with Gasteiger partial charge in [0.15, 0.2) is 0 Å². The van der Waals surface area contributed by atoms with Gasteiger partial charge in [0.2, 0.25) is 5.88 Å². The molecule has 0 bridgehead atoms. The van der Waals surface area contributed by atoms with Crippen molar-refractivity contribution in [1.29, 1.82) is 0 Å². The number of rotatable bonds is 8. The fraction of sp³-hybridized carbons (Fsp3) is 0.750. The average Bonchev–Trinajstić information content (AvgIpc) is 3.24. The van der Waals surface area contributed by atoms with Gasteiger partial charge in [-0.15, -0.1) is 0 Å². The molecular formula is C16H26N4O. The Morgan fingerprint density at radius 2 is 2.05 bits per heavy atom. The van der Waals surface area contributed by atoms with Gasteiger partial charge in [-0.1, -0.05) is 0 Å². The molecule has 5 heteroatoms. The molecule has 21 heavy (non-hydrogen) atoms. The van der Waals surface area contributed by atoms with Crippen molar-refractivity contribution in [3.05, 3.63) is 11.9 Å². The van der Waals surface area contributed by atoms with Crippen molar-refractivity contribution in [2.24, 2.45) is 0 Å². The summed E-state index contributed by atoms with van der Waals surface area (Å²) in [7, 11) is 1.67. The van der Waals surface area contributed by atoms with Crippen LogP contribution in [0.5, 0.6) is 5.88 Å². The Morgan fingerprint density at radius 1 is 1.24 bits per heavy atom. The van der Waals surface area contributed by atoms with Gasteiger partial charge in [0.25, 0.3) is 0 Å². The number of aromatic nitrogens is 2. The number of nitrogens with one attached hydrogen (secondary N) is 1. The van der Waals surface area contributed by atoms with E-state index in [2.05, 4.69) is 20.2 Å². The second-order valence-corrected chi connectivity index (χ2v) is 6.11. The van der Waals surface area contributed by atoms with Gasteiger partial charge in [-0.2, -0.15) is 4.98 Å². The van der Waals surface area contributed by atoms with E-state index in [1.165, 1.54) is 58.2 Å². The number of hydrogen-bond acceptors (Lipinski definition) is 5. The summed E-state index contributed by atoms with van der Waals surface area (Å²) in [5.41, 5.74) is 0. The van der Waals surface area contributed by atoms with Gasteiger partial charge in [0.05, 0.1) is 7.11 Å². The van der Waals surface area contributed by atoms with Gasteiger partial charge in [-0.3, -0.25) is 0 Å². The Morgan fingerprint density at radius 3 is 2.76 bits per heavy atom. The quantitative estimate of drug-likeness (QED) is 0.746. The van der Waals surface area contributed by atoms with E-state index < -0.39 is 0 Å². The van der Waals surface area contributed by atoms with E-state index in [1.807, 2.05) is 6.07 Å². The molecule has 2 aliphatic rings. The minimum Gasteiger partial charge on any atom is -0.481 e. The fourth-order valence-corrected chi connectivity index (χ4v) is 2.85. The molecule has 0 spiro atoms. The molecule has 116 valence electrons. The minimum atomic E-state index is 0.552. The summed E-state index contributed by atoms with van der Waals surface area (Å²) in [5.74, 6) is 3.07. The SMILES string of the molecule is COc1cc(NCCCCN2CCCC2)nc(C2CC2)n1. The van der Waals surface area contributed by atoms with Crippen LogP contribution in [0.15, 0.2) is 6.07 Å². The molecule has 5 nitrogen and oxygen atoms in total. The summed E-state index contributed by atoms with van der Waals surface area (Å²) < 4.78 is 5.27. The number of methoxy groups -OCH3 is 1. The van der Waals surface area contributed by atoms with Crippen LogP contribution in [0.25, 0.3) is 0 Å². The largest absolute Gasteiger partial charge is 0.481 e. The summed E-state index contributed by atoms with van der Waals surface area (Å²) in [6, 6.07) is 1.90. The Balaban J connectivity index is 1.42. The predicted octanol–water partition coefficient (Wildman–Crippen LogP) is 2.65. The fourth-order valence-electron chi connectivity index (χ4n) is 2.85. The van der Waals surface area contributed by atoms with Crippen molar-refractivity contribution in [3.63, 3.8) is 0 Å². The van der Waals surface area contributed by atoms with Gasteiger partial charge < -0.3 is 15.0 Å². The van der Waals surface area contributed by atoms with E-state index in [0.717, 1.165) is 18.2 Å². The lowest BCUT2D eigenvalue weighted by Gasteiger charge is -2.14. The second kappa shape index (κ2) is 7.07. The third kappa shape index (κ3) is 4.30. The van der Waals surface area contributed by atoms with E-state index >= 15 is 0 Å². The lowest BCUT2D eigenvalue weighted by Crippen LogP contribution is -2.21. The Kier molecular flexibility index (Phi) is 4.91. The standard InChI is InChI=1S/C16H26N4O/c1-21-15-12-14(18-16(19-15)13-6-7-13)17-8-2-3-9-20-10-4-5-11-20/h12-13H,2-11H2,1H3,(H,17,18,19). The zero-order chi connectivity index (χ0) is 14.5. The number of anilines is 1. The maximum absolute atomic E-state index is 5.27. The summed E-state index contributed by atoms with van der Waals surface area (Å²) in [6.45, 7) is 4.79. The van der Waals surface area contributed by atoms with Crippen LogP contribution < -0.4 is 10.1 Å². The number of ether oxygens (including phenoxy) is 1. The molecule has 2 fully saturated rings. The van der Waals surface area contributed by atoms with E-state index in [4.69, 9.17) is 4.74 Å². The highest BCUT2D eigenvalue weighted by Gasteiger charge is 2.27. The van der Waals surface area contributed by atoms with Crippen molar-refractivity contribution in [1.82, 2.24) is 14.9 Å². The predicted molar refractivity (Wildman–Crippen MR) is 84.0 cm³/mol. The Bertz CT molecular complexity index is 456. The number of nitrogens with zero attached hydrogens (tertiary/aromatic N) is 3. The second-order valence-electron chi connectivity index (χ2n) is 6.11. The first kappa shape index (κ1) is 14.6. The summed E-state index contributed by atoms with van der Waals surface area (Å²) in [4.78, 5) is 11.6. The van der Waals surface area contributed by atoms with Crippen LogP contribution in [0.2, 0.25) is 0 Å². The number of hydrogen-bond donors (Lipinski definition) is 1. The molecule has 0 atom stereocenters.